The highest BCUT2D eigenvalue weighted by Crippen LogP contribution is 2.14. The van der Waals surface area contributed by atoms with Crippen LogP contribution in [-0.2, 0) is 23.0 Å². The van der Waals surface area contributed by atoms with Gasteiger partial charge >= 0.3 is 0 Å². The SMILES string of the molecule is O=S(=O)(NCc1ccc(CCCO)cc1)c1ccc(Cl)cc1. The van der Waals surface area contributed by atoms with Gasteiger partial charge < -0.3 is 5.11 Å². The Bertz CT molecular complexity index is 697. The van der Waals surface area contributed by atoms with Crippen LogP contribution >= 0.6 is 11.6 Å². The average molecular weight is 340 g/mol. The van der Waals surface area contributed by atoms with Gasteiger partial charge in [0.25, 0.3) is 0 Å². The highest BCUT2D eigenvalue weighted by molar-refractivity contribution is 7.89. The zero-order chi connectivity index (χ0) is 16.0. The standard InChI is InChI=1S/C16H18ClNO3S/c17-15-7-9-16(10-8-15)22(20,21)18-12-14-5-3-13(4-6-14)2-1-11-19/h3-10,18-19H,1-2,11-12H2. The summed E-state index contributed by atoms with van der Waals surface area (Å²) in [5.74, 6) is 0. The number of aliphatic hydroxyl groups is 1. The Morgan fingerprint density at radius 2 is 1.55 bits per heavy atom. The lowest BCUT2D eigenvalue weighted by atomic mass is 10.1. The van der Waals surface area contributed by atoms with Crippen LogP contribution in [0.15, 0.2) is 53.4 Å². The van der Waals surface area contributed by atoms with Crippen LogP contribution in [-0.4, -0.2) is 20.1 Å². The van der Waals surface area contributed by atoms with Crippen LogP contribution in [0, 0.1) is 0 Å². The van der Waals surface area contributed by atoms with E-state index < -0.39 is 10.0 Å². The second-order valence-electron chi connectivity index (χ2n) is 4.92. The first-order chi connectivity index (χ1) is 10.5. The summed E-state index contributed by atoms with van der Waals surface area (Å²) in [6.45, 7) is 0.397. The van der Waals surface area contributed by atoms with Crippen LogP contribution < -0.4 is 4.72 Å². The van der Waals surface area contributed by atoms with Crippen LogP contribution in [0.1, 0.15) is 17.5 Å². The number of rotatable bonds is 7. The Labute approximate surface area is 135 Å². The molecule has 0 radical (unpaired) electrons. The van der Waals surface area contributed by atoms with E-state index in [9.17, 15) is 8.42 Å². The van der Waals surface area contributed by atoms with Gasteiger partial charge in [-0.05, 0) is 48.2 Å². The van der Waals surface area contributed by atoms with Gasteiger partial charge in [-0.25, -0.2) is 13.1 Å². The van der Waals surface area contributed by atoms with Crippen molar-refractivity contribution in [3.8, 4) is 0 Å². The molecular weight excluding hydrogens is 322 g/mol. The van der Waals surface area contributed by atoms with Crippen molar-refractivity contribution in [2.24, 2.45) is 0 Å². The van der Waals surface area contributed by atoms with Gasteiger partial charge in [0.15, 0.2) is 0 Å². The molecule has 0 unspecified atom stereocenters. The Balaban J connectivity index is 1.98. The minimum absolute atomic E-state index is 0.169. The van der Waals surface area contributed by atoms with Gasteiger partial charge in [0.05, 0.1) is 4.90 Å². The molecule has 0 saturated heterocycles. The van der Waals surface area contributed by atoms with E-state index in [1.54, 1.807) is 12.1 Å². The molecule has 0 aliphatic rings. The molecule has 2 rings (SSSR count). The molecule has 118 valence electrons. The molecule has 0 heterocycles. The molecule has 0 aliphatic heterocycles. The Kier molecular flexibility index (Phi) is 5.97. The fourth-order valence-corrected chi connectivity index (χ4v) is 3.13. The number of aryl methyl sites for hydroxylation is 1. The summed E-state index contributed by atoms with van der Waals surface area (Å²) in [5, 5.41) is 9.29. The van der Waals surface area contributed by atoms with Crippen LogP contribution in [0.4, 0.5) is 0 Å². The highest BCUT2D eigenvalue weighted by Gasteiger charge is 2.13. The zero-order valence-corrected chi connectivity index (χ0v) is 13.6. The van der Waals surface area contributed by atoms with Crippen LogP contribution in [0.25, 0.3) is 0 Å². The smallest absolute Gasteiger partial charge is 0.240 e. The summed E-state index contributed by atoms with van der Waals surface area (Å²) >= 11 is 5.75. The normalized spacial score (nSPS) is 11.5. The molecule has 2 aromatic carbocycles. The quantitative estimate of drug-likeness (QED) is 0.815. The molecule has 0 amide bonds. The molecule has 4 nitrogen and oxygen atoms in total. The van der Waals surface area contributed by atoms with E-state index >= 15 is 0 Å². The van der Waals surface area contributed by atoms with E-state index in [0.29, 0.717) is 5.02 Å². The number of hydrogen-bond donors (Lipinski definition) is 2. The van der Waals surface area contributed by atoms with E-state index in [1.165, 1.54) is 12.1 Å². The van der Waals surface area contributed by atoms with Crippen molar-refractivity contribution in [1.29, 1.82) is 0 Å². The lowest BCUT2D eigenvalue weighted by molar-refractivity contribution is 0.288. The van der Waals surface area contributed by atoms with Crippen LogP contribution in [0.2, 0.25) is 5.02 Å². The molecule has 2 N–H and O–H groups in total. The summed E-state index contributed by atoms with van der Waals surface area (Å²) in [4.78, 5) is 0.191. The number of halogens is 1. The minimum atomic E-state index is -3.54. The van der Waals surface area contributed by atoms with Crippen molar-refractivity contribution in [3.05, 3.63) is 64.7 Å². The average Bonchev–Trinajstić information content (AvgIpc) is 2.52. The Hall–Kier alpha value is -1.40. The summed E-state index contributed by atoms with van der Waals surface area (Å²) in [6, 6.07) is 13.7. The largest absolute Gasteiger partial charge is 0.396 e. The van der Waals surface area contributed by atoms with Crippen molar-refractivity contribution in [3.63, 3.8) is 0 Å². The third kappa shape index (κ3) is 4.81. The van der Waals surface area contributed by atoms with Gasteiger partial charge in [0, 0.05) is 18.2 Å². The third-order valence-corrected chi connectivity index (χ3v) is 4.91. The molecule has 0 aliphatic carbocycles. The first-order valence-electron chi connectivity index (χ1n) is 6.95. The van der Waals surface area contributed by atoms with Crippen molar-refractivity contribution in [2.45, 2.75) is 24.3 Å². The highest BCUT2D eigenvalue weighted by atomic mass is 35.5. The van der Waals surface area contributed by atoms with E-state index in [2.05, 4.69) is 4.72 Å². The maximum absolute atomic E-state index is 12.1. The van der Waals surface area contributed by atoms with Gasteiger partial charge in [0.2, 0.25) is 10.0 Å². The van der Waals surface area contributed by atoms with Crippen molar-refractivity contribution in [2.75, 3.05) is 6.61 Å². The van der Waals surface area contributed by atoms with Crippen molar-refractivity contribution >= 4 is 21.6 Å². The summed E-state index contributed by atoms with van der Waals surface area (Å²) in [5.41, 5.74) is 2.00. The summed E-state index contributed by atoms with van der Waals surface area (Å²) < 4.78 is 26.8. The fraction of sp³-hybridized carbons (Fsp3) is 0.250. The molecule has 0 spiro atoms. The number of sulfonamides is 1. The third-order valence-electron chi connectivity index (χ3n) is 3.24. The van der Waals surface area contributed by atoms with Gasteiger partial charge in [-0.15, -0.1) is 0 Å². The number of hydrogen-bond acceptors (Lipinski definition) is 3. The van der Waals surface area contributed by atoms with E-state index in [0.717, 1.165) is 24.0 Å². The Morgan fingerprint density at radius 1 is 0.955 bits per heavy atom. The minimum Gasteiger partial charge on any atom is -0.396 e. The van der Waals surface area contributed by atoms with Gasteiger partial charge in [-0.1, -0.05) is 35.9 Å². The van der Waals surface area contributed by atoms with E-state index in [4.69, 9.17) is 16.7 Å². The predicted molar refractivity (Wildman–Crippen MR) is 87.3 cm³/mol. The molecule has 6 heteroatoms. The molecule has 0 bridgehead atoms. The fourth-order valence-electron chi connectivity index (χ4n) is 1.98. The molecule has 22 heavy (non-hydrogen) atoms. The predicted octanol–water partition coefficient (Wildman–Crippen LogP) is 2.74. The first kappa shape index (κ1) is 17.0. The van der Waals surface area contributed by atoms with E-state index in [1.807, 2.05) is 24.3 Å². The molecule has 0 saturated carbocycles. The Morgan fingerprint density at radius 3 is 2.14 bits per heavy atom. The molecule has 0 fully saturated rings. The maximum Gasteiger partial charge on any atom is 0.240 e. The zero-order valence-electron chi connectivity index (χ0n) is 12.0. The van der Waals surface area contributed by atoms with Crippen LogP contribution in [0.3, 0.4) is 0 Å². The van der Waals surface area contributed by atoms with Crippen molar-refractivity contribution in [1.82, 2.24) is 4.72 Å². The van der Waals surface area contributed by atoms with Crippen molar-refractivity contribution < 1.29 is 13.5 Å². The second kappa shape index (κ2) is 7.74. The second-order valence-corrected chi connectivity index (χ2v) is 7.13. The number of aliphatic hydroxyl groups excluding tert-OH is 1. The van der Waals surface area contributed by atoms with Crippen LogP contribution in [0.5, 0.6) is 0 Å². The van der Waals surface area contributed by atoms with Gasteiger partial charge in [0.1, 0.15) is 0 Å². The number of nitrogens with one attached hydrogen (secondary N) is 1. The lowest BCUT2D eigenvalue weighted by Gasteiger charge is -2.08. The van der Waals surface area contributed by atoms with E-state index in [-0.39, 0.29) is 18.0 Å². The summed E-state index contributed by atoms with van der Waals surface area (Å²) in [7, 11) is -3.54. The lowest BCUT2D eigenvalue weighted by Crippen LogP contribution is -2.23. The molecule has 0 atom stereocenters. The molecular formula is C16H18ClNO3S. The molecule has 2 aromatic rings. The van der Waals surface area contributed by atoms with Gasteiger partial charge in [-0.2, -0.15) is 0 Å². The van der Waals surface area contributed by atoms with Gasteiger partial charge in [-0.3, -0.25) is 0 Å². The first-order valence-corrected chi connectivity index (χ1v) is 8.81. The summed E-state index contributed by atoms with van der Waals surface area (Å²) in [6.07, 6.45) is 1.54. The maximum atomic E-state index is 12.1. The number of benzene rings is 2. The topological polar surface area (TPSA) is 66.4 Å². The molecule has 0 aromatic heterocycles. The monoisotopic (exact) mass is 339 g/mol.